The standard InChI is InChI=1S/C17H18FNO/c18-16-9-5-4-8-15(16)12-13-19-17(20)11-10-14-6-2-1-3-7-14/h1-9H,10-13H2,(H,19,20). The molecular formula is C17H18FNO. The third kappa shape index (κ3) is 4.50. The normalized spacial score (nSPS) is 10.2. The highest BCUT2D eigenvalue weighted by atomic mass is 19.1. The van der Waals surface area contributed by atoms with Crippen LogP contribution in [0.2, 0.25) is 0 Å². The van der Waals surface area contributed by atoms with Crippen molar-refractivity contribution in [3.05, 3.63) is 71.5 Å². The first-order valence-corrected chi connectivity index (χ1v) is 6.80. The monoisotopic (exact) mass is 271 g/mol. The number of aryl methyl sites for hydroxylation is 1. The molecule has 20 heavy (non-hydrogen) atoms. The van der Waals surface area contributed by atoms with Crippen LogP contribution in [-0.2, 0) is 17.6 Å². The van der Waals surface area contributed by atoms with Gasteiger partial charge in [0.25, 0.3) is 0 Å². The Morgan fingerprint density at radius 2 is 1.65 bits per heavy atom. The molecule has 0 saturated carbocycles. The fourth-order valence-electron chi connectivity index (χ4n) is 2.03. The topological polar surface area (TPSA) is 29.1 Å². The molecule has 2 nitrogen and oxygen atoms in total. The highest BCUT2D eigenvalue weighted by molar-refractivity contribution is 5.76. The van der Waals surface area contributed by atoms with Crippen LogP contribution in [0, 0.1) is 5.82 Å². The van der Waals surface area contributed by atoms with Crippen LogP contribution >= 0.6 is 0 Å². The van der Waals surface area contributed by atoms with Crippen molar-refractivity contribution in [2.45, 2.75) is 19.3 Å². The Labute approximate surface area is 118 Å². The Balaban J connectivity index is 1.69. The minimum atomic E-state index is -0.217. The molecule has 0 radical (unpaired) electrons. The molecule has 0 fully saturated rings. The summed E-state index contributed by atoms with van der Waals surface area (Å²) in [6, 6.07) is 16.5. The molecule has 0 aliphatic heterocycles. The van der Waals surface area contributed by atoms with E-state index in [0.717, 1.165) is 12.0 Å². The summed E-state index contributed by atoms with van der Waals surface area (Å²) < 4.78 is 13.4. The number of nitrogens with one attached hydrogen (secondary N) is 1. The van der Waals surface area contributed by atoms with Crippen molar-refractivity contribution in [2.24, 2.45) is 0 Å². The molecular weight excluding hydrogens is 253 g/mol. The van der Waals surface area contributed by atoms with Gasteiger partial charge in [-0.15, -0.1) is 0 Å². The second kappa shape index (κ2) is 7.43. The zero-order valence-corrected chi connectivity index (χ0v) is 11.3. The predicted octanol–water partition coefficient (Wildman–Crippen LogP) is 3.12. The number of amides is 1. The van der Waals surface area contributed by atoms with E-state index in [1.165, 1.54) is 6.07 Å². The summed E-state index contributed by atoms with van der Waals surface area (Å²) in [5, 5.41) is 2.82. The van der Waals surface area contributed by atoms with Crippen LogP contribution in [0.3, 0.4) is 0 Å². The molecule has 104 valence electrons. The summed E-state index contributed by atoms with van der Waals surface area (Å²) in [7, 11) is 0. The van der Waals surface area contributed by atoms with Crippen LogP contribution in [0.25, 0.3) is 0 Å². The number of carbonyl (C=O) groups excluding carboxylic acids is 1. The quantitative estimate of drug-likeness (QED) is 0.859. The van der Waals surface area contributed by atoms with Gasteiger partial charge in [0.15, 0.2) is 0 Å². The number of hydrogen-bond donors (Lipinski definition) is 1. The van der Waals surface area contributed by atoms with Gasteiger partial charge in [-0.1, -0.05) is 48.5 Å². The Hall–Kier alpha value is -2.16. The average Bonchev–Trinajstić information content (AvgIpc) is 2.48. The lowest BCUT2D eigenvalue weighted by atomic mass is 10.1. The van der Waals surface area contributed by atoms with Crippen molar-refractivity contribution >= 4 is 5.91 Å². The van der Waals surface area contributed by atoms with Gasteiger partial charge in [0.1, 0.15) is 5.82 Å². The van der Waals surface area contributed by atoms with E-state index in [0.29, 0.717) is 24.9 Å². The van der Waals surface area contributed by atoms with Gasteiger partial charge in [0, 0.05) is 13.0 Å². The summed E-state index contributed by atoms with van der Waals surface area (Å²) in [6.07, 6.45) is 1.71. The van der Waals surface area contributed by atoms with Gasteiger partial charge < -0.3 is 5.32 Å². The van der Waals surface area contributed by atoms with Crippen molar-refractivity contribution in [1.82, 2.24) is 5.32 Å². The summed E-state index contributed by atoms with van der Waals surface area (Å²) in [5.74, 6) is -0.212. The van der Waals surface area contributed by atoms with Crippen molar-refractivity contribution < 1.29 is 9.18 Å². The lowest BCUT2D eigenvalue weighted by Gasteiger charge is -2.06. The maximum atomic E-state index is 13.4. The molecule has 0 spiro atoms. The Bertz CT molecular complexity index is 554. The van der Waals surface area contributed by atoms with Gasteiger partial charge in [0.2, 0.25) is 5.91 Å². The summed E-state index contributed by atoms with van der Waals surface area (Å²) in [6.45, 7) is 0.467. The third-order valence-corrected chi connectivity index (χ3v) is 3.16. The maximum absolute atomic E-state index is 13.4. The van der Waals surface area contributed by atoms with Crippen LogP contribution in [0.5, 0.6) is 0 Å². The van der Waals surface area contributed by atoms with Gasteiger partial charge >= 0.3 is 0 Å². The molecule has 0 aromatic heterocycles. The van der Waals surface area contributed by atoms with E-state index in [1.807, 2.05) is 30.3 Å². The van der Waals surface area contributed by atoms with Gasteiger partial charge in [-0.2, -0.15) is 0 Å². The highest BCUT2D eigenvalue weighted by Crippen LogP contribution is 2.06. The molecule has 1 amide bonds. The molecule has 0 aliphatic carbocycles. The van der Waals surface area contributed by atoms with Crippen molar-refractivity contribution in [3.8, 4) is 0 Å². The molecule has 0 saturated heterocycles. The molecule has 3 heteroatoms. The first-order chi connectivity index (χ1) is 9.75. The molecule has 1 N–H and O–H groups in total. The van der Waals surface area contributed by atoms with Crippen molar-refractivity contribution in [2.75, 3.05) is 6.54 Å². The lowest BCUT2D eigenvalue weighted by molar-refractivity contribution is -0.121. The molecule has 0 unspecified atom stereocenters. The van der Waals surface area contributed by atoms with E-state index in [-0.39, 0.29) is 11.7 Å². The van der Waals surface area contributed by atoms with Crippen LogP contribution in [-0.4, -0.2) is 12.5 Å². The minimum absolute atomic E-state index is 0.00481. The number of hydrogen-bond acceptors (Lipinski definition) is 1. The Kier molecular flexibility index (Phi) is 5.30. The molecule has 2 aromatic rings. The summed E-state index contributed by atoms with van der Waals surface area (Å²) >= 11 is 0. The zero-order chi connectivity index (χ0) is 14.2. The fourth-order valence-corrected chi connectivity index (χ4v) is 2.03. The molecule has 2 aromatic carbocycles. The van der Waals surface area contributed by atoms with E-state index in [4.69, 9.17) is 0 Å². The van der Waals surface area contributed by atoms with Crippen molar-refractivity contribution in [3.63, 3.8) is 0 Å². The van der Waals surface area contributed by atoms with Crippen LogP contribution < -0.4 is 5.32 Å². The first kappa shape index (κ1) is 14.3. The van der Waals surface area contributed by atoms with Gasteiger partial charge in [0.05, 0.1) is 0 Å². The van der Waals surface area contributed by atoms with E-state index in [9.17, 15) is 9.18 Å². The van der Waals surface area contributed by atoms with Gasteiger partial charge in [-0.05, 0) is 30.0 Å². The largest absolute Gasteiger partial charge is 0.356 e. The number of carbonyl (C=O) groups is 1. The second-order valence-corrected chi connectivity index (χ2v) is 4.68. The molecule has 0 bridgehead atoms. The molecule has 0 atom stereocenters. The zero-order valence-electron chi connectivity index (χ0n) is 11.3. The first-order valence-electron chi connectivity index (χ1n) is 6.80. The van der Waals surface area contributed by atoms with Gasteiger partial charge in [-0.3, -0.25) is 4.79 Å². The minimum Gasteiger partial charge on any atom is -0.356 e. The van der Waals surface area contributed by atoms with Crippen molar-refractivity contribution in [1.29, 1.82) is 0 Å². The molecule has 0 aliphatic rings. The predicted molar refractivity (Wildman–Crippen MR) is 77.9 cm³/mol. The number of rotatable bonds is 6. The Morgan fingerprint density at radius 3 is 2.40 bits per heavy atom. The van der Waals surface area contributed by atoms with Crippen LogP contribution in [0.1, 0.15) is 17.5 Å². The van der Waals surface area contributed by atoms with E-state index < -0.39 is 0 Å². The van der Waals surface area contributed by atoms with Crippen LogP contribution in [0.4, 0.5) is 4.39 Å². The van der Waals surface area contributed by atoms with Gasteiger partial charge in [-0.25, -0.2) is 4.39 Å². The summed E-state index contributed by atoms with van der Waals surface area (Å²) in [5.41, 5.74) is 1.78. The second-order valence-electron chi connectivity index (χ2n) is 4.68. The molecule has 2 rings (SSSR count). The maximum Gasteiger partial charge on any atom is 0.220 e. The lowest BCUT2D eigenvalue weighted by Crippen LogP contribution is -2.26. The van der Waals surface area contributed by atoms with E-state index >= 15 is 0 Å². The number of halogens is 1. The Morgan fingerprint density at radius 1 is 0.950 bits per heavy atom. The smallest absolute Gasteiger partial charge is 0.220 e. The third-order valence-electron chi connectivity index (χ3n) is 3.16. The summed E-state index contributed by atoms with van der Waals surface area (Å²) in [4.78, 5) is 11.7. The van der Waals surface area contributed by atoms with E-state index in [1.54, 1.807) is 18.2 Å². The molecule has 0 heterocycles. The number of benzene rings is 2. The fraction of sp³-hybridized carbons (Fsp3) is 0.235. The van der Waals surface area contributed by atoms with Crippen LogP contribution in [0.15, 0.2) is 54.6 Å². The SMILES string of the molecule is O=C(CCc1ccccc1)NCCc1ccccc1F. The average molecular weight is 271 g/mol. The van der Waals surface area contributed by atoms with E-state index in [2.05, 4.69) is 5.32 Å². The highest BCUT2D eigenvalue weighted by Gasteiger charge is 2.03.